The molecule has 0 bridgehead atoms. The van der Waals surface area contributed by atoms with Crippen LogP contribution in [0.25, 0.3) is 11.3 Å². The molecule has 0 aliphatic heterocycles. The molecule has 1 atom stereocenters. The molecule has 1 unspecified atom stereocenters. The maximum atomic E-state index is 13.4. The molecule has 0 radical (unpaired) electrons. The Hall–Kier alpha value is -2.17. The van der Waals surface area contributed by atoms with Gasteiger partial charge < -0.3 is 5.32 Å². The van der Waals surface area contributed by atoms with Crippen LogP contribution in [-0.2, 0) is 17.6 Å². The van der Waals surface area contributed by atoms with E-state index in [1.165, 1.54) is 12.1 Å². The van der Waals surface area contributed by atoms with Gasteiger partial charge in [0.25, 0.3) is 0 Å². The number of aromatic nitrogens is 2. The first-order chi connectivity index (χ1) is 10.5. The fourth-order valence-corrected chi connectivity index (χ4v) is 3.00. The number of hydrogen-bond donors (Lipinski definition) is 2. The van der Waals surface area contributed by atoms with E-state index < -0.39 is 0 Å². The third kappa shape index (κ3) is 2.89. The zero-order valence-electron chi connectivity index (χ0n) is 12.8. The number of nitrogens with zero attached hydrogens (tertiary/aromatic N) is 1. The van der Waals surface area contributed by atoms with Crippen molar-refractivity contribution in [3.05, 3.63) is 41.3 Å². The molecule has 0 saturated heterocycles. The summed E-state index contributed by atoms with van der Waals surface area (Å²) < 4.78 is 13.4. The second kappa shape index (κ2) is 5.91. The summed E-state index contributed by atoms with van der Waals surface area (Å²) in [6.07, 6.45) is 2.26. The van der Waals surface area contributed by atoms with Crippen LogP contribution in [0.3, 0.4) is 0 Å². The van der Waals surface area contributed by atoms with E-state index in [9.17, 15) is 9.18 Å². The molecule has 2 N–H and O–H groups in total. The van der Waals surface area contributed by atoms with E-state index in [2.05, 4.69) is 15.5 Å². The number of rotatable bonds is 3. The van der Waals surface area contributed by atoms with Crippen LogP contribution < -0.4 is 5.32 Å². The second-order valence-electron chi connectivity index (χ2n) is 6.14. The topological polar surface area (TPSA) is 57.8 Å². The minimum Gasteiger partial charge on any atom is -0.354 e. The van der Waals surface area contributed by atoms with E-state index in [4.69, 9.17) is 0 Å². The molecule has 5 heteroatoms. The van der Waals surface area contributed by atoms with Gasteiger partial charge in [-0.1, -0.05) is 12.1 Å². The predicted octanol–water partition coefficient (Wildman–Crippen LogP) is 2.85. The number of benzene rings is 1. The lowest BCUT2D eigenvalue weighted by atomic mass is 9.84. The summed E-state index contributed by atoms with van der Waals surface area (Å²) in [6.45, 7) is 3.92. The van der Waals surface area contributed by atoms with E-state index in [1.54, 1.807) is 6.07 Å². The number of amides is 1. The van der Waals surface area contributed by atoms with Gasteiger partial charge in [0.1, 0.15) is 5.82 Å². The van der Waals surface area contributed by atoms with Crippen LogP contribution in [-0.4, -0.2) is 22.1 Å². The molecule has 22 heavy (non-hydrogen) atoms. The molecule has 4 nitrogen and oxygen atoms in total. The maximum absolute atomic E-state index is 13.4. The average molecular weight is 301 g/mol. The number of carbonyl (C=O) groups is 1. The molecule has 1 aliphatic rings. The summed E-state index contributed by atoms with van der Waals surface area (Å²) in [5.41, 5.74) is 3.62. The summed E-state index contributed by atoms with van der Waals surface area (Å²) in [6, 6.07) is 6.56. The quantitative estimate of drug-likeness (QED) is 0.916. The summed E-state index contributed by atoms with van der Waals surface area (Å²) in [5.74, 6) is -0.231. The van der Waals surface area contributed by atoms with Crippen molar-refractivity contribution >= 4 is 5.91 Å². The highest BCUT2D eigenvalue weighted by atomic mass is 19.1. The largest absolute Gasteiger partial charge is 0.354 e. The van der Waals surface area contributed by atoms with Gasteiger partial charge in [0.15, 0.2) is 0 Å². The third-order valence-electron chi connectivity index (χ3n) is 4.05. The van der Waals surface area contributed by atoms with Crippen molar-refractivity contribution in [3.63, 3.8) is 0 Å². The number of aromatic amines is 1. The molecule has 1 aromatic heterocycles. The van der Waals surface area contributed by atoms with Crippen LogP contribution >= 0.6 is 0 Å². The normalized spacial score (nSPS) is 17.4. The van der Waals surface area contributed by atoms with Crippen LogP contribution in [0.1, 0.15) is 31.5 Å². The van der Waals surface area contributed by atoms with Crippen molar-refractivity contribution in [1.82, 2.24) is 15.5 Å². The molecule has 0 saturated carbocycles. The monoisotopic (exact) mass is 301 g/mol. The number of halogens is 1. The van der Waals surface area contributed by atoms with Crippen LogP contribution in [0.2, 0.25) is 0 Å². The van der Waals surface area contributed by atoms with Crippen LogP contribution in [0, 0.1) is 11.7 Å². The minimum atomic E-state index is -0.279. The van der Waals surface area contributed by atoms with Crippen molar-refractivity contribution in [2.75, 3.05) is 0 Å². The molecule has 3 rings (SSSR count). The smallest absolute Gasteiger partial charge is 0.223 e. The molecular formula is C17H20FN3O. The Labute approximate surface area is 129 Å². The molecule has 1 aromatic carbocycles. The number of fused-ring (bicyclic) bond motifs is 1. The Balaban J connectivity index is 1.87. The summed E-state index contributed by atoms with van der Waals surface area (Å²) in [5, 5.41) is 10.4. The molecule has 116 valence electrons. The molecule has 0 spiro atoms. The molecule has 2 aromatic rings. The van der Waals surface area contributed by atoms with Gasteiger partial charge in [-0.2, -0.15) is 5.10 Å². The Morgan fingerprint density at radius 1 is 1.45 bits per heavy atom. The third-order valence-corrected chi connectivity index (χ3v) is 4.05. The fraction of sp³-hybridized carbons (Fsp3) is 0.412. The fourth-order valence-electron chi connectivity index (χ4n) is 3.00. The number of nitrogens with one attached hydrogen (secondary N) is 2. The zero-order chi connectivity index (χ0) is 15.7. The van der Waals surface area contributed by atoms with E-state index >= 15 is 0 Å². The Kier molecular flexibility index (Phi) is 3.96. The summed E-state index contributed by atoms with van der Waals surface area (Å²) in [4.78, 5) is 12.2. The molecule has 0 fully saturated rings. The van der Waals surface area contributed by atoms with Crippen molar-refractivity contribution in [2.45, 2.75) is 39.2 Å². The van der Waals surface area contributed by atoms with Crippen LogP contribution in [0.15, 0.2) is 24.3 Å². The number of H-pyrrole nitrogens is 1. The second-order valence-corrected chi connectivity index (χ2v) is 6.14. The van der Waals surface area contributed by atoms with Gasteiger partial charge >= 0.3 is 0 Å². The number of carbonyl (C=O) groups excluding carboxylic acids is 1. The standard InChI is InChI=1S/C17H20FN3O/c1-10(2)19-17(22)12-6-7-15-14(9-12)16(21-20-15)11-4-3-5-13(18)8-11/h3-5,8,10,12H,6-7,9H2,1-2H3,(H,19,22)(H,20,21). The van der Waals surface area contributed by atoms with Crippen molar-refractivity contribution in [2.24, 2.45) is 5.92 Å². The van der Waals surface area contributed by atoms with E-state index in [0.29, 0.717) is 6.42 Å². The summed E-state index contributed by atoms with van der Waals surface area (Å²) in [7, 11) is 0. The Morgan fingerprint density at radius 2 is 2.27 bits per heavy atom. The lowest BCUT2D eigenvalue weighted by Gasteiger charge is -2.23. The van der Waals surface area contributed by atoms with Crippen molar-refractivity contribution in [1.29, 1.82) is 0 Å². The molecule has 1 heterocycles. The van der Waals surface area contributed by atoms with Crippen molar-refractivity contribution in [3.8, 4) is 11.3 Å². The highest BCUT2D eigenvalue weighted by molar-refractivity contribution is 5.80. The lowest BCUT2D eigenvalue weighted by molar-refractivity contribution is -0.125. The van der Waals surface area contributed by atoms with Gasteiger partial charge in [0, 0.05) is 28.8 Å². The maximum Gasteiger partial charge on any atom is 0.223 e. The predicted molar refractivity (Wildman–Crippen MR) is 82.8 cm³/mol. The molecular weight excluding hydrogens is 281 g/mol. The summed E-state index contributed by atoms with van der Waals surface area (Å²) >= 11 is 0. The molecule has 1 aliphatic carbocycles. The number of aryl methyl sites for hydroxylation is 1. The van der Waals surface area contributed by atoms with Crippen LogP contribution in [0.4, 0.5) is 4.39 Å². The average Bonchev–Trinajstić information content (AvgIpc) is 2.89. The van der Waals surface area contributed by atoms with E-state index in [1.807, 2.05) is 19.9 Å². The van der Waals surface area contributed by atoms with Crippen molar-refractivity contribution < 1.29 is 9.18 Å². The Bertz CT molecular complexity index is 693. The van der Waals surface area contributed by atoms with Gasteiger partial charge in [-0.3, -0.25) is 9.89 Å². The lowest BCUT2D eigenvalue weighted by Crippen LogP contribution is -2.37. The van der Waals surface area contributed by atoms with E-state index in [-0.39, 0.29) is 23.7 Å². The van der Waals surface area contributed by atoms with Gasteiger partial charge in [0.2, 0.25) is 5.91 Å². The highest BCUT2D eigenvalue weighted by Gasteiger charge is 2.28. The van der Waals surface area contributed by atoms with E-state index in [0.717, 1.165) is 35.4 Å². The first kappa shape index (κ1) is 14.8. The Morgan fingerprint density at radius 3 is 3.00 bits per heavy atom. The first-order valence-electron chi connectivity index (χ1n) is 7.67. The highest BCUT2D eigenvalue weighted by Crippen LogP contribution is 2.32. The van der Waals surface area contributed by atoms with Crippen LogP contribution in [0.5, 0.6) is 0 Å². The number of hydrogen-bond acceptors (Lipinski definition) is 2. The minimum absolute atomic E-state index is 0.0418. The zero-order valence-corrected chi connectivity index (χ0v) is 12.8. The van der Waals surface area contributed by atoms with Gasteiger partial charge in [-0.25, -0.2) is 4.39 Å². The first-order valence-corrected chi connectivity index (χ1v) is 7.67. The molecule has 1 amide bonds. The van der Waals surface area contributed by atoms with Gasteiger partial charge in [0.05, 0.1) is 5.69 Å². The van der Waals surface area contributed by atoms with Gasteiger partial charge in [-0.15, -0.1) is 0 Å². The SMILES string of the molecule is CC(C)NC(=O)C1CCc2[nH]nc(-c3cccc(F)c3)c2C1. The van der Waals surface area contributed by atoms with Gasteiger partial charge in [-0.05, 0) is 45.2 Å².